The second kappa shape index (κ2) is 20.2. The first kappa shape index (κ1) is 49.7. The first-order valence-corrected chi connectivity index (χ1v) is 20.2. The summed E-state index contributed by atoms with van der Waals surface area (Å²) in [5.74, 6) is -4.14. The largest absolute Gasteiger partial charge is 0.508 e. The third kappa shape index (κ3) is 9.36. The molecular weight excluding hydrogens is 900 g/mol. The molecule has 4 fully saturated rings. The van der Waals surface area contributed by atoms with Crippen molar-refractivity contribution in [3.8, 4) is 40.1 Å². The maximum absolute atomic E-state index is 14.3. The number of phenols is 3. The average Bonchev–Trinajstić information content (AvgIpc) is 3.29. The number of rotatable bonds is 13. The highest BCUT2D eigenvalue weighted by Gasteiger charge is 2.55. The van der Waals surface area contributed by atoms with E-state index in [-0.39, 0.29) is 5.56 Å². The molecule has 27 heteroatoms. The highest BCUT2D eigenvalue weighted by Crippen LogP contribution is 2.41. The molecule has 2 aromatic carbocycles. The Morgan fingerprint density at radius 3 is 1.50 bits per heavy atom. The summed E-state index contributed by atoms with van der Waals surface area (Å²) in [6, 6.07) is 4.82. The highest BCUT2D eigenvalue weighted by molar-refractivity contribution is 5.88. The molecule has 17 N–H and O–H groups in total. The lowest BCUT2D eigenvalue weighted by molar-refractivity contribution is -0.389. The van der Waals surface area contributed by atoms with E-state index in [9.17, 15) is 91.6 Å². The Labute approximate surface area is 369 Å². The van der Waals surface area contributed by atoms with Gasteiger partial charge in [-0.05, 0) is 18.2 Å². The molecule has 20 unspecified atom stereocenters. The number of aliphatic hydroxyl groups excluding tert-OH is 14. The fourth-order valence-corrected chi connectivity index (χ4v) is 7.83. The van der Waals surface area contributed by atoms with E-state index in [0.717, 1.165) is 30.3 Å². The minimum absolute atomic E-state index is 0.246. The Morgan fingerprint density at radius 2 is 0.955 bits per heavy atom. The molecule has 27 nitrogen and oxygen atoms in total. The van der Waals surface area contributed by atoms with Gasteiger partial charge in [0.05, 0.1) is 26.4 Å². The van der Waals surface area contributed by atoms with Crippen LogP contribution in [0.5, 0.6) is 28.7 Å². The van der Waals surface area contributed by atoms with E-state index < -0.39 is 200 Å². The van der Waals surface area contributed by atoms with Crippen molar-refractivity contribution in [1.82, 2.24) is 0 Å². The lowest BCUT2D eigenvalue weighted by Gasteiger charge is -2.48. The highest BCUT2D eigenvalue weighted by atomic mass is 16.8. The average molecular weight is 951 g/mol. The summed E-state index contributed by atoms with van der Waals surface area (Å²) in [7, 11) is 0. The van der Waals surface area contributed by atoms with Crippen LogP contribution >= 0.6 is 0 Å². The molecule has 368 valence electrons. The van der Waals surface area contributed by atoms with Crippen LogP contribution in [-0.4, -0.2) is 236 Å². The zero-order chi connectivity index (χ0) is 48.0. The van der Waals surface area contributed by atoms with Crippen molar-refractivity contribution in [3.05, 3.63) is 40.6 Å². The van der Waals surface area contributed by atoms with Crippen LogP contribution in [0.4, 0.5) is 0 Å². The minimum Gasteiger partial charge on any atom is -0.508 e. The van der Waals surface area contributed by atoms with Gasteiger partial charge in [0.2, 0.25) is 23.8 Å². The minimum atomic E-state index is -2.20. The number of aliphatic hydroxyl groups is 14. The number of phenolic OH excluding ortho intramolecular Hbond substituents is 3. The van der Waals surface area contributed by atoms with Gasteiger partial charge in [-0.2, -0.15) is 0 Å². The molecule has 4 aliphatic heterocycles. The second-order valence-corrected chi connectivity index (χ2v) is 15.9. The van der Waals surface area contributed by atoms with E-state index in [4.69, 9.17) is 42.3 Å². The lowest BCUT2D eigenvalue weighted by Crippen LogP contribution is -2.67. The molecule has 0 saturated carbocycles. The van der Waals surface area contributed by atoms with Crippen molar-refractivity contribution in [2.45, 2.75) is 123 Å². The van der Waals surface area contributed by atoms with Crippen molar-refractivity contribution in [2.75, 3.05) is 26.4 Å². The molecule has 4 aliphatic rings. The van der Waals surface area contributed by atoms with Crippen LogP contribution in [-0.2, 0) is 28.4 Å². The molecule has 0 spiro atoms. The summed E-state index contributed by atoms with van der Waals surface area (Å²) in [4.78, 5) is 14.3. The van der Waals surface area contributed by atoms with Crippen molar-refractivity contribution in [2.24, 2.45) is 0 Å². The summed E-state index contributed by atoms with van der Waals surface area (Å²) < 4.78 is 51.2. The smallest absolute Gasteiger partial charge is 0.239 e. The third-order valence-electron chi connectivity index (χ3n) is 11.5. The number of hydrogen-bond donors (Lipinski definition) is 17. The first-order valence-electron chi connectivity index (χ1n) is 20.2. The molecule has 0 bridgehead atoms. The molecule has 4 saturated heterocycles. The van der Waals surface area contributed by atoms with E-state index in [1.807, 2.05) is 0 Å². The maximum Gasteiger partial charge on any atom is 0.239 e. The van der Waals surface area contributed by atoms with Gasteiger partial charge < -0.3 is 129 Å². The number of hydrogen-bond acceptors (Lipinski definition) is 27. The second-order valence-electron chi connectivity index (χ2n) is 15.9. The van der Waals surface area contributed by atoms with Gasteiger partial charge in [-0.15, -0.1) is 0 Å². The van der Waals surface area contributed by atoms with Crippen molar-refractivity contribution < 1.29 is 129 Å². The molecule has 7 rings (SSSR count). The number of ether oxygens (including phenoxy) is 8. The Morgan fingerprint density at radius 1 is 0.485 bits per heavy atom. The summed E-state index contributed by atoms with van der Waals surface area (Å²) in [5, 5.41) is 177. The monoisotopic (exact) mass is 950 g/mol. The molecule has 20 atom stereocenters. The third-order valence-corrected chi connectivity index (χ3v) is 11.5. The van der Waals surface area contributed by atoms with E-state index in [0.29, 0.717) is 0 Å². The van der Waals surface area contributed by atoms with Crippen LogP contribution in [0.3, 0.4) is 0 Å². The van der Waals surface area contributed by atoms with Crippen LogP contribution in [0.2, 0.25) is 0 Å². The quantitative estimate of drug-likeness (QED) is 0.0757. The summed E-state index contributed by atoms with van der Waals surface area (Å²) in [6.45, 7) is -3.69. The molecule has 5 heterocycles. The number of benzene rings is 2. The Hall–Kier alpha value is -4.15. The topological polar surface area (TPSA) is 448 Å². The Kier molecular flexibility index (Phi) is 15.2. The lowest BCUT2D eigenvalue weighted by atomic mass is 9.96. The fourth-order valence-electron chi connectivity index (χ4n) is 7.83. The van der Waals surface area contributed by atoms with E-state index in [1.54, 1.807) is 0 Å². The first-order chi connectivity index (χ1) is 31.3. The predicted octanol–water partition coefficient (Wildman–Crippen LogP) is -7.42. The van der Waals surface area contributed by atoms with Crippen LogP contribution in [0.25, 0.3) is 22.3 Å². The fraction of sp³-hybridized carbons (Fsp3) is 0.615. The van der Waals surface area contributed by atoms with Gasteiger partial charge in [0.15, 0.2) is 35.9 Å². The Bertz CT molecular complexity index is 2190. The predicted molar refractivity (Wildman–Crippen MR) is 207 cm³/mol. The summed E-state index contributed by atoms with van der Waals surface area (Å²) >= 11 is 0. The van der Waals surface area contributed by atoms with Gasteiger partial charge in [-0.3, -0.25) is 4.79 Å². The van der Waals surface area contributed by atoms with Crippen LogP contribution in [0.15, 0.2) is 39.5 Å². The van der Waals surface area contributed by atoms with E-state index >= 15 is 0 Å². The SMILES string of the molecule is O=c1c(OC2OC(CO)C(O)C(O)C2OC2OC(CO)C(O)C(O)C2OC2OC(CO)C(O)C(O)C2O)c(-c2ccc(OC3OC(CO)C(O)C(O)C3O)c(O)c2)oc2cc(O)cc(O)c12. The van der Waals surface area contributed by atoms with Gasteiger partial charge in [-0.1, -0.05) is 0 Å². The van der Waals surface area contributed by atoms with Gasteiger partial charge >= 0.3 is 0 Å². The van der Waals surface area contributed by atoms with Crippen LogP contribution < -0.4 is 14.9 Å². The van der Waals surface area contributed by atoms with Gasteiger partial charge in [0.25, 0.3) is 0 Å². The molecule has 66 heavy (non-hydrogen) atoms. The zero-order valence-corrected chi connectivity index (χ0v) is 33.9. The van der Waals surface area contributed by atoms with Gasteiger partial charge in [0, 0.05) is 17.7 Å². The summed E-state index contributed by atoms with van der Waals surface area (Å²) in [5.41, 5.74) is -1.93. The zero-order valence-electron chi connectivity index (χ0n) is 33.9. The van der Waals surface area contributed by atoms with E-state index in [2.05, 4.69) is 0 Å². The van der Waals surface area contributed by atoms with Gasteiger partial charge in [-0.25, -0.2) is 0 Å². The molecule has 0 amide bonds. The molecule has 0 aliphatic carbocycles. The van der Waals surface area contributed by atoms with Crippen molar-refractivity contribution >= 4 is 11.0 Å². The standard InChI is InChI=1S/C39H50O27/c40-6-16-21(47)26(52)30(56)36(60-16)59-14-2-1-10(3-12(14)45)32-33(25(51)20-13(46)4-11(44)5-15(20)58-32)64-38-35(29(55)24(50)18(8-42)62-38)66-39-34(28(54)23(49)19(9-43)63-39)65-37-31(57)27(53)22(48)17(7-41)61-37/h1-5,16-19,21-24,26-31,34-50,52-57H,6-9H2. The Balaban J connectivity index is 1.26. The van der Waals surface area contributed by atoms with Crippen molar-refractivity contribution in [1.29, 1.82) is 0 Å². The molecule has 3 aromatic rings. The molecule has 1 aromatic heterocycles. The van der Waals surface area contributed by atoms with E-state index in [1.165, 1.54) is 0 Å². The molecular formula is C39H50O27. The van der Waals surface area contributed by atoms with Crippen LogP contribution in [0.1, 0.15) is 0 Å². The van der Waals surface area contributed by atoms with Crippen LogP contribution in [0, 0.1) is 0 Å². The molecule has 0 radical (unpaired) electrons. The summed E-state index contributed by atoms with van der Waals surface area (Å²) in [6.07, 6.45) is -38.2. The normalized spacial score (nSPS) is 39.7. The number of aromatic hydroxyl groups is 3. The van der Waals surface area contributed by atoms with Gasteiger partial charge in [0.1, 0.15) is 114 Å². The number of fused-ring (bicyclic) bond motifs is 1. The maximum atomic E-state index is 14.3. The van der Waals surface area contributed by atoms with Crippen molar-refractivity contribution in [3.63, 3.8) is 0 Å².